The minimum Gasteiger partial charge on any atom is -0.550 e. The predicted molar refractivity (Wildman–Crippen MR) is 27.7 cm³/mol. The van der Waals surface area contributed by atoms with E-state index in [1.54, 1.807) is 0 Å². The molecule has 0 heterocycles. The van der Waals surface area contributed by atoms with Gasteiger partial charge in [-0.2, -0.15) is 0 Å². The molecule has 0 atom stereocenters. The Labute approximate surface area is 89.1 Å². The second-order valence-electron chi connectivity index (χ2n) is 2.17. The molecule has 0 rings (SSSR count). The molecule has 0 amide bonds. The number of carboxylic acids is 3. The van der Waals surface area contributed by atoms with Crippen LogP contribution in [0.3, 0.4) is 0 Å². The molecule has 0 aliphatic heterocycles. The molecule has 0 unspecified atom stereocenters. The largest absolute Gasteiger partial charge is 0.550 e. The number of carbonyl (C=O) groups is 3. The van der Waals surface area contributed by atoms with Gasteiger partial charge in [-0.3, -0.25) is 0 Å². The Hall–Kier alpha value is -0.850. The molecule has 6 nitrogen and oxygen atoms in total. The van der Waals surface area contributed by atoms with Crippen molar-refractivity contribution in [2.45, 2.75) is 12.8 Å². The summed E-state index contributed by atoms with van der Waals surface area (Å²) in [5, 5.41) is 29.8. The predicted octanol–water partition coefficient (Wildman–Crippen LogP) is -4.37. The van der Waals surface area contributed by atoms with Gasteiger partial charge in [0, 0.05) is 46.2 Å². The van der Waals surface area contributed by atoms with E-state index in [4.69, 9.17) is 0 Å². The molecule has 7 heteroatoms. The number of rotatable bonds is 5. The third kappa shape index (κ3) is 7.51. The monoisotopic (exact) mass is 280 g/mol. The van der Waals surface area contributed by atoms with Gasteiger partial charge in [-0.05, 0) is 12.8 Å². The summed E-state index contributed by atoms with van der Waals surface area (Å²) in [5.41, 5.74) is 0. The van der Waals surface area contributed by atoms with Crippen molar-refractivity contribution in [2.75, 3.05) is 0 Å². The normalized spacial score (nSPS) is 9.00. The summed E-state index contributed by atoms with van der Waals surface area (Å²) in [6, 6.07) is 0. The number of carbonyl (C=O) groups excluding carboxylic acids is 3. The van der Waals surface area contributed by atoms with E-state index in [-0.39, 0.29) is 22.4 Å². The van der Waals surface area contributed by atoms with Crippen LogP contribution in [0.2, 0.25) is 0 Å². The van der Waals surface area contributed by atoms with Crippen LogP contribution in [-0.2, 0) is 36.8 Å². The van der Waals surface area contributed by atoms with E-state index in [1.807, 2.05) is 0 Å². The van der Waals surface area contributed by atoms with Crippen molar-refractivity contribution in [1.29, 1.82) is 0 Å². The Kier molecular flexibility index (Phi) is 7.49. The standard InChI is InChI=1S/C6H8O6.Ag/c7-4(8)1-3(6(11)12)2-5(9)10;/h3H,1-2H2,(H,7,8)(H,9,10)(H,11,12);/p-3. The van der Waals surface area contributed by atoms with Crippen LogP contribution in [0, 0.1) is 5.92 Å². The molecule has 0 bridgehead atoms. The van der Waals surface area contributed by atoms with E-state index < -0.39 is 36.7 Å². The Morgan fingerprint density at radius 2 is 1.23 bits per heavy atom. The molecule has 0 N–H and O–H groups in total. The van der Waals surface area contributed by atoms with Crippen molar-refractivity contribution in [1.82, 2.24) is 0 Å². The van der Waals surface area contributed by atoms with E-state index in [2.05, 4.69) is 0 Å². The number of carboxylic acid groups (broad SMARTS) is 3. The molecule has 0 saturated heterocycles. The van der Waals surface area contributed by atoms with E-state index >= 15 is 0 Å². The topological polar surface area (TPSA) is 120 Å². The average Bonchev–Trinajstić information content (AvgIpc) is 1.83. The zero-order chi connectivity index (χ0) is 9.72. The van der Waals surface area contributed by atoms with Gasteiger partial charge in [-0.15, -0.1) is 0 Å². The molecule has 0 aromatic carbocycles. The SMILES string of the molecule is O=C([O-])CC(CC(=O)[O-])C(=O)[O-].[Ag]. The van der Waals surface area contributed by atoms with Gasteiger partial charge in [0.25, 0.3) is 0 Å². The van der Waals surface area contributed by atoms with Crippen LogP contribution in [0.15, 0.2) is 0 Å². The van der Waals surface area contributed by atoms with Crippen molar-refractivity contribution in [3.8, 4) is 0 Å². The van der Waals surface area contributed by atoms with Gasteiger partial charge in [-0.1, -0.05) is 0 Å². The molecule has 79 valence electrons. The van der Waals surface area contributed by atoms with Crippen LogP contribution in [0.5, 0.6) is 0 Å². The van der Waals surface area contributed by atoms with Crippen LogP contribution in [-0.4, -0.2) is 17.9 Å². The molecule has 13 heavy (non-hydrogen) atoms. The van der Waals surface area contributed by atoms with Gasteiger partial charge >= 0.3 is 0 Å². The van der Waals surface area contributed by atoms with Crippen LogP contribution in [0.25, 0.3) is 0 Å². The first kappa shape index (κ1) is 14.7. The first-order chi connectivity index (χ1) is 5.43. The maximum Gasteiger partial charge on any atom is 0.0452 e. The summed E-state index contributed by atoms with van der Waals surface area (Å²) in [5.74, 6) is -6.58. The maximum absolute atomic E-state index is 10.1. The molecule has 0 spiro atoms. The maximum atomic E-state index is 10.1. The van der Waals surface area contributed by atoms with E-state index in [9.17, 15) is 29.7 Å². The summed E-state index contributed by atoms with van der Waals surface area (Å²) in [7, 11) is 0. The molecular formula is C6H5AgO6-3. The smallest absolute Gasteiger partial charge is 0.0452 e. The van der Waals surface area contributed by atoms with E-state index in [0.717, 1.165) is 0 Å². The third-order valence-corrected chi connectivity index (χ3v) is 1.16. The zero-order valence-electron chi connectivity index (χ0n) is 6.24. The summed E-state index contributed by atoms with van der Waals surface area (Å²) < 4.78 is 0. The Balaban J connectivity index is 0. The van der Waals surface area contributed by atoms with Gasteiger partial charge in [0.05, 0.1) is 0 Å². The minimum absolute atomic E-state index is 0. The van der Waals surface area contributed by atoms with Crippen LogP contribution < -0.4 is 15.3 Å². The first-order valence-corrected chi connectivity index (χ1v) is 3.04. The second-order valence-corrected chi connectivity index (χ2v) is 2.17. The third-order valence-electron chi connectivity index (χ3n) is 1.16. The molecule has 0 aromatic heterocycles. The van der Waals surface area contributed by atoms with Crippen LogP contribution in [0.1, 0.15) is 12.8 Å². The summed E-state index contributed by atoms with van der Waals surface area (Å²) >= 11 is 0. The second kappa shape index (κ2) is 6.64. The summed E-state index contributed by atoms with van der Waals surface area (Å²) in [6.07, 6.45) is -1.76. The van der Waals surface area contributed by atoms with Gasteiger partial charge in [0.2, 0.25) is 0 Å². The van der Waals surface area contributed by atoms with E-state index in [1.165, 1.54) is 0 Å². The fourth-order valence-corrected chi connectivity index (χ4v) is 0.641. The van der Waals surface area contributed by atoms with Crippen LogP contribution in [0.4, 0.5) is 0 Å². The van der Waals surface area contributed by atoms with Crippen molar-refractivity contribution in [3.63, 3.8) is 0 Å². The van der Waals surface area contributed by atoms with Crippen molar-refractivity contribution in [3.05, 3.63) is 0 Å². The van der Waals surface area contributed by atoms with E-state index in [0.29, 0.717) is 0 Å². The molecule has 1 radical (unpaired) electrons. The van der Waals surface area contributed by atoms with Crippen LogP contribution >= 0.6 is 0 Å². The molecule has 0 aliphatic rings. The Morgan fingerprint density at radius 3 is 1.38 bits per heavy atom. The average molecular weight is 281 g/mol. The van der Waals surface area contributed by atoms with Gasteiger partial charge in [0.1, 0.15) is 0 Å². The quantitative estimate of drug-likeness (QED) is 0.469. The molecular weight excluding hydrogens is 276 g/mol. The van der Waals surface area contributed by atoms with Crippen molar-refractivity contribution in [2.24, 2.45) is 5.92 Å². The molecule has 0 aromatic rings. The molecule has 0 aliphatic carbocycles. The minimum atomic E-state index is -1.73. The van der Waals surface area contributed by atoms with Gasteiger partial charge < -0.3 is 29.7 Å². The Bertz CT molecular complexity index is 197. The number of hydrogen-bond acceptors (Lipinski definition) is 6. The first-order valence-electron chi connectivity index (χ1n) is 3.04. The summed E-state index contributed by atoms with van der Waals surface area (Å²) in [4.78, 5) is 29.8. The van der Waals surface area contributed by atoms with Gasteiger partial charge in [-0.25, -0.2) is 0 Å². The number of hydrogen-bond donors (Lipinski definition) is 0. The molecule has 0 fully saturated rings. The molecule has 0 saturated carbocycles. The fraction of sp³-hybridized carbons (Fsp3) is 0.500. The zero-order valence-corrected chi connectivity index (χ0v) is 7.72. The number of aliphatic carboxylic acids is 3. The van der Waals surface area contributed by atoms with Crippen molar-refractivity contribution >= 4 is 17.9 Å². The van der Waals surface area contributed by atoms with Gasteiger partial charge in [0.15, 0.2) is 0 Å². The summed E-state index contributed by atoms with van der Waals surface area (Å²) in [6.45, 7) is 0. The fourth-order valence-electron chi connectivity index (χ4n) is 0.641. The Morgan fingerprint density at radius 1 is 0.923 bits per heavy atom. The van der Waals surface area contributed by atoms with Crippen molar-refractivity contribution < 1.29 is 52.1 Å².